The highest BCUT2D eigenvalue weighted by atomic mass is 35.5. The van der Waals surface area contributed by atoms with Crippen molar-refractivity contribution in [3.8, 4) is 0 Å². The van der Waals surface area contributed by atoms with Gasteiger partial charge in [-0.3, -0.25) is 0 Å². The lowest BCUT2D eigenvalue weighted by Gasteiger charge is -2.36. The quantitative estimate of drug-likeness (QED) is 0.900. The first kappa shape index (κ1) is 14.5. The fraction of sp³-hybridized carbons (Fsp3) is 0.538. The molecule has 0 spiro atoms. The van der Waals surface area contributed by atoms with E-state index in [1.54, 1.807) is 23.1 Å². The number of nitrogens with zero attached hydrogens (tertiary/aromatic N) is 1. The van der Waals surface area contributed by atoms with Crippen LogP contribution in [0.25, 0.3) is 0 Å². The minimum Gasteiger partial charge on any atom is -0.392 e. The number of anilines is 1. The molecule has 0 bridgehead atoms. The molecule has 1 fully saturated rings. The van der Waals surface area contributed by atoms with E-state index in [0.29, 0.717) is 29.2 Å². The van der Waals surface area contributed by atoms with Crippen LogP contribution >= 0.6 is 11.6 Å². The molecule has 1 unspecified atom stereocenters. The van der Waals surface area contributed by atoms with E-state index in [1.807, 2.05) is 0 Å². The van der Waals surface area contributed by atoms with E-state index in [9.17, 15) is 18.3 Å². The van der Waals surface area contributed by atoms with Crippen LogP contribution in [0.5, 0.6) is 0 Å². The number of hydrogen-bond donors (Lipinski definition) is 1. The summed E-state index contributed by atoms with van der Waals surface area (Å²) in [6, 6.07) is 4.90. The Hall–Kier alpha value is -0.940. The first-order valence-corrected chi connectivity index (χ1v) is 6.50. The highest BCUT2D eigenvalue weighted by Gasteiger charge is 2.42. The second kappa shape index (κ2) is 5.59. The number of rotatable bonds is 2. The van der Waals surface area contributed by atoms with Crippen LogP contribution in [0, 0.1) is 5.92 Å². The summed E-state index contributed by atoms with van der Waals surface area (Å²) < 4.78 is 38.3. The number of piperidine rings is 1. The van der Waals surface area contributed by atoms with Crippen molar-refractivity contribution in [1.29, 1.82) is 0 Å². The van der Waals surface area contributed by atoms with Gasteiger partial charge in [0.05, 0.1) is 12.5 Å². The maximum absolute atomic E-state index is 12.8. The third-order valence-corrected chi connectivity index (χ3v) is 3.67. The van der Waals surface area contributed by atoms with Crippen LogP contribution in [-0.2, 0) is 6.61 Å². The van der Waals surface area contributed by atoms with Gasteiger partial charge in [0.25, 0.3) is 0 Å². The van der Waals surface area contributed by atoms with Gasteiger partial charge in [-0.05, 0) is 31.0 Å². The Morgan fingerprint density at radius 3 is 2.74 bits per heavy atom. The number of halogens is 4. The molecule has 106 valence electrons. The summed E-state index contributed by atoms with van der Waals surface area (Å²) in [5, 5.41) is 9.76. The topological polar surface area (TPSA) is 23.5 Å². The van der Waals surface area contributed by atoms with Crippen molar-refractivity contribution in [2.45, 2.75) is 25.6 Å². The van der Waals surface area contributed by atoms with Crippen molar-refractivity contribution in [2.24, 2.45) is 5.92 Å². The minimum atomic E-state index is -4.16. The summed E-state index contributed by atoms with van der Waals surface area (Å²) in [5.74, 6) is -1.30. The zero-order valence-corrected chi connectivity index (χ0v) is 11.0. The monoisotopic (exact) mass is 293 g/mol. The summed E-state index contributed by atoms with van der Waals surface area (Å²) in [6.45, 7) is 0.280. The second-order valence-corrected chi connectivity index (χ2v) is 5.19. The number of hydrogen-bond acceptors (Lipinski definition) is 2. The van der Waals surface area contributed by atoms with Gasteiger partial charge >= 0.3 is 6.18 Å². The van der Waals surface area contributed by atoms with Gasteiger partial charge in [-0.15, -0.1) is 0 Å². The molecule has 1 aromatic rings. The summed E-state index contributed by atoms with van der Waals surface area (Å²) >= 11 is 5.83. The highest BCUT2D eigenvalue weighted by molar-refractivity contribution is 6.30. The van der Waals surface area contributed by atoms with Gasteiger partial charge in [-0.1, -0.05) is 11.6 Å². The van der Waals surface area contributed by atoms with Crippen LogP contribution < -0.4 is 4.90 Å². The lowest BCUT2D eigenvalue weighted by atomic mass is 9.96. The van der Waals surface area contributed by atoms with Crippen LogP contribution in [-0.4, -0.2) is 24.4 Å². The smallest absolute Gasteiger partial charge is 0.392 e. The molecule has 1 aromatic carbocycles. The van der Waals surface area contributed by atoms with E-state index in [1.165, 1.54) is 0 Å². The molecular weight excluding hydrogens is 279 g/mol. The lowest BCUT2D eigenvalue weighted by molar-refractivity contribution is -0.176. The van der Waals surface area contributed by atoms with Crippen LogP contribution in [0.4, 0.5) is 18.9 Å². The third kappa shape index (κ3) is 3.34. The Bertz CT molecular complexity index is 450. The predicted molar refractivity (Wildman–Crippen MR) is 68.4 cm³/mol. The molecule has 19 heavy (non-hydrogen) atoms. The fourth-order valence-corrected chi connectivity index (χ4v) is 2.65. The average Bonchev–Trinajstić information content (AvgIpc) is 2.37. The molecule has 0 radical (unpaired) electrons. The molecule has 0 saturated carbocycles. The maximum atomic E-state index is 12.8. The van der Waals surface area contributed by atoms with E-state index >= 15 is 0 Å². The van der Waals surface area contributed by atoms with Crippen molar-refractivity contribution < 1.29 is 18.3 Å². The van der Waals surface area contributed by atoms with E-state index < -0.39 is 12.1 Å². The van der Waals surface area contributed by atoms with Crippen molar-refractivity contribution in [2.75, 3.05) is 18.0 Å². The number of benzene rings is 1. The molecule has 2 nitrogen and oxygen atoms in total. The van der Waals surface area contributed by atoms with E-state index in [-0.39, 0.29) is 19.6 Å². The minimum absolute atomic E-state index is 0.0574. The Balaban J connectivity index is 2.22. The lowest BCUT2D eigenvalue weighted by Crippen LogP contribution is -2.42. The molecule has 1 saturated heterocycles. The highest BCUT2D eigenvalue weighted by Crippen LogP contribution is 2.36. The summed E-state index contributed by atoms with van der Waals surface area (Å²) in [6.07, 6.45) is -3.50. The van der Waals surface area contributed by atoms with Crippen molar-refractivity contribution in [3.05, 3.63) is 28.8 Å². The largest absolute Gasteiger partial charge is 0.393 e. The van der Waals surface area contributed by atoms with E-state index in [2.05, 4.69) is 0 Å². The predicted octanol–water partition coefficient (Wildman–Crippen LogP) is 3.61. The molecule has 0 aromatic heterocycles. The summed E-state index contributed by atoms with van der Waals surface area (Å²) in [4.78, 5) is 1.68. The van der Waals surface area contributed by atoms with Gasteiger partial charge in [0.15, 0.2) is 0 Å². The van der Waals surface area contributed by atoms with Crippen LogP contribution in [0.1, 0.15) is 18.4 Å². The summed E-state index contributed by atoms with van der Waals surface area (Å²) in [7, 11) is 0. The molecule has 1 aliphatic heterocycles. The molecule has 1 aliphatic rings. The van der Waals surface area contributed by atoms with Crippen LogP contribution in [0.15, 0.2) is 18.2 Å². The van der Waals surface area contributed by atoms with Gasteiger partial charge in [0.1, 0.15) is 0 Å². The van der Waals surface area contributed by atoms with Gasteiger partial charge in [0, 0.05) is 29.4 Å². The summed E-state index contributed by atoms with van der Waals surface area (Å²) in [5.41, 5.74) is 1.20. The first-order chi connectivity index (χ1) is 8.91. The molecule has 2 rings (SSSR count). The third-order valence-electron chi connectivity index (χ3n) is 3.44. The Kier molecular flexibility index (Phi) is 4.26. The molecule has 1 N–H and O–H groups in total. The van der Waals surface area contributed by atoms with Gasteiger partial charge < -0.3 is 10.0 Å². The molecule has 1 atom stereocenters. The van der Waals surface area contributed by atoms with Gasteiger partial charge in [0.2, 0.25) is 0 Å². The number of aliphatic hydroxyl groups is 1. The van der Waals surface area contributed by atoms with Crippen LogP contribution in [0.2, 0.25) is 5.02 Å². The van der Waals surface area contributed by atoms with Crippen molar-refractivity contribution in [1.82, 2.24) is 0 Å². The van der Waals surface area contributed by atoms with Crippen LogP contribution in [0.3, 0.4) is 0 Å². The Labute approximate surface area is 114 Å². The molecular formula is C13H15ClF3NO. The SMILES string of the molecule is OCc1cc(Cl)ccc1N1CCCC(C(F)(F)F)C1. The molecule has 6 heteroatoms. The van der Waals surface area contributed by atoms with Crippen molar-refractivity contribution >= 4 is 17.3 Å². The average molecular weight is 294 g/mol. The number of alkyl halides is 3. The maximum Gasteiger partial charge on any atom is 0.393 e. The standard InChI is InChI=1S/C13H15ClF3NO/c14-11-3-4-12(9(6-11)8-19)18-5-1-2-10(7-18)13(15,16)17/h3-4,6,10,19H,1-2,5,7-8H2. The molecule has 0 amide bonds. The van der Waals surface area contributed by atoms with Gasteiger partial charge in [-0.2, -0.15) is 13.2 Å². The Morgan fingerprint density at radius 1 is 1.37 bits per heavy atom. The van der Waals surface area contributed by atoms with Gasteiger partial charge in [-0.25, -0.2) is 0 Å². The zero-order valence-electron chi connectivity index (χ0n) is 10.3. The van der Waals surface area contributed by atoms with Crippen molar-refractivity contribution in [3.63, 3.8) is 0 Å². The zero-order chi connectivity index (χ0) is 14.0. The normalized spacial score (nSPS) is 20.7. The molecule has 0 aliphatic carbocycles. The Morgan fingerprint density at radius 2 is 2.11 bits per heavy atom. The van der Waals surface area contributed by atoms with E-state index in [0.717, 1.165) is 0 Å². The first-order valence-electron chi connectivity index (χ1n) is 6.12. The molecule has 1 heterocycles. The van der Waals surface area contributed by atoms with E-state index in [4.69, 9.17) is 11.6 Å². The second-order valence-electron chi connectivity index (χ2n) is 4.76. The fourth-order valence-electron chi connectivity index (χ4n) is 2.45. The number of aliphatic hydroxyl groups excluding tert-OH is 1.